The summed E-state index contributed by atoms with van der Waals surface area (Å²) in [4.78, 5) is 38.5. The second-order valence-electron chi connectivity index (χ2n) is 14.3. The monoisotopic (exact) mass is 708 g/mol. The molecule has 3 heterocycles. The average molecular weight is 709 g/mol. The van der Waals surface area contributed by atoms with Crippen LogP contribution < -0.4 is 14.8 Å². The number of unbranched alkanes of at least 4 members (excludes halogenated alkanes) is 18. The number of benzene rings is 1. The number of esters is 1. The van der Waals surface area contributed by atoms with E-state index in [1.54, 1.807) is 16.2 Å². The van der Waals surface area contributed by atoms with Crippen LogP contribution in [-0.4, -0.2) is 61.9 Å². The third-order valence-corrected chi connectivity index (χ3v) is 10.9. The Morgan fingerprint density at radius 2 is 1.28 bits per heavy atom. The topological polar surface area (TPSA) is 74.7 Å². The van der Waals surface area contributed by atoms with Crippen LogP contribution in [0.5, 0.6) is 0 Å². The Balaban J connectivity index is 1.09. The van der Waals surface area contributed by atoms with Gasteiger partial charge in [-0.1, -0.05) is 135 Å². The molecule has 0 atom stereocenters. The van der Waals surface area contributed by atoms with E-state index in [-0.39, 0.29) is 5.97 Å². The number of rotatable bonds is 23. The van der Waals surface area contributed by atoms with E-state index in [1.807, 2.05) is 24.3 Å². The van der Waals surface area contributed by atoms with Crippen molar-refractivity contribution in [1.29, 1.82) is 0 Å². The Morgan fingerprint density at radius 1 is 0.740 bits per heavy atom. The normalized spacial score (nSPS) is 14.6. The van der Waals surface area contributed by atoms with Crippen molar-refractivity contribution in [2.24, 2.45) is 4.99 Å². The van der Waals surface area contributed by atoms with Gasteiger partial charge < -0.3 is 19.3 Å². The van der Waals surface area contributed by atoms with Gasteiger partial charge in [-0.2, -0.15) is 0 Å². The molecule has 2 aliphatic heterocycles. The van der Waals surface area contributed by atoms with Crippen molar-refractivity contribution in [2.45, 2.75) is 142 Å². The maximum atomic E-state index is 13.8. The van der Waals surface area contributed by atoms with Gasteiger partial charge in [0.05, 0.1) is 16.6 Å². The molecule has 1 aromatic heterocycles. The Bertz CT molecular complexity index is 1420. The Morgan fingerprint density at radius 3 is 1.86 bits per heavy atom. The number of carbonyl (C=O) groups is 2. The fourth-order valence-electron chi connectivity index (χ4n) is 6.98. The minimum absolute atomic E-state index is 0.324. The molecule has 2 aliphatic rings. The number of ether oxygens (including phenoxy) is 2. The molecule has 0 radical (unpaired) electrons. The van der Waals surface area contributed by atoms with Crippen LogP contribution >= 0.6 is 11.3 Å². The molecule has 2 aromatic rings. The first-order valence-electron chi connectivity index (χ1n) is 19.8. The number of aryl methyl sites for hydroxylation is 1. The molecular weight excluding hydrogens is 645 g/mol. The first kappa shape index (κ1) is 39.9. The predicted molar refractivity (Wildman–Crippen MR) is 206 cm³/mol. The first-order chi connectivity index (χ1) is 24.5. The molecule has 0 unspecified atom stereocenters. The van der Waals surface area contributed by atoms with E-state index in [0.717, 1.165) is 66.0 Å². The van der Waals surface area contributed by atoms with Gasteiger partial charge in [-0.25, -0.2) is 14.7 Å². The van der Waals surface area contributed by atoms with Crippen molar-refractivity contribution >= 4 is 40.6 Å². The SMILES string of the molecule is CCCCCCCCCCCCCCCCCCCCCC(=O)OCOC(=O)N1C(N2CCN(C)CC2)=c2cc(C)sc2=Nc2ccccc21. The predicted octanol–water partition coefficient (Wildman–Crippen LogP) is 9.60. The average Bonchev–Trinajstić information content (AvgIpc) is 3.41. The van der Waals surface area contributed by atoms with Crippen molar-refractivity contribution in [3.63, 3.8) is 0 Å². The second-order valence-corrected chi connectivity index (χ2v) is 15.5. The Kier molecular flexibility index (Phi) is 18.2. The summed E-state index contributed by atoms with van der Waals surface area (Å²) < 4.78 is 11.9. The second kappa shape index (κ2) is 22.8. The molecule has 0 spiro atoms. The number of fused-ring (bicyclic) bond motifs is 2. The van der Waals surface area contributed by atoms with E-state index >= 15 is 0 Å². The largest absolute Gasteiger partial charge is 0.428 e. The van der Waals surface area contributed by atoms with Gasteiger partial charge in [0.25, 0.3) is 0 Å². The molecule has 0 aliphatic carbocycles. The molecule has 1 saturated heterocycles. The molecule has 1 fully saturated rings. The molecule has 8 nitrogen and oxygen atoms in total. The van der Waals surface area contributed by atoms with Crippen LogP contribution in [0.1, 0.15) is 140 Å². The van der Waals surface area contributed by atoms with Gasteiger partial charge in [-0.15, -0.1) is 11.3 Å². The van der Waals surface area contributed by atoms with Crippen molar-refractivity contribution in [2.75, 3.05) is 44.9 Å². The summed E-state index contributed by atoms with van der Waals surface area (Å²) in [6.45, 7) is 7.28. The van der Waals surface area contributed by atoms with Crippen LogP contribution in [0.2, 0.25) is 0 Å². The first-order valence-corrected chi connectivity index (χ1v) is 20.6. The number of hydrogen-bond donors (Lipinski definition) is 0. The summed E-state index contributed by atoms with van der Waals surface area (Å²) in [5.41, 5.74) is 1.37. The van der Waals surface area contributed by atoms with Crippen molar-refractivity contribution < 1.29 is 19.1 Å². The smallest absolute Gasteiger partial charge is 0.423 e. The number of piperazine rings is 1. The highest BCUT2D eigenvalue weighted by molar-refractivity contribution is 7.09. The summed E-state index contributed by atoms with van der Waals surface area (Å²) in [5.74, 6) is 0.451. The molecular formula is C41H64N4O4S. The van der Waals surface area contributed by atoms with Crippen molar-refractivity contribution in [3.8, 4) is 0 Å². The summed E-state index contributed by atoms with van der Waals surface area (Å²) >= 11 is 1.62. The fourth-order valence-corrected chi connectivity index (χ4v) is 7.87. The number of likely N-dealkylation sites (N-methyl/N-ethyl adjacent to an activating group) is 1. The lowest BCUT2D eigenvalue weighted by Gasteiger charge is -2.38. The molecule has 0 saturated carbocycles. The zero-order chi connectivity index (χ0) is 35.4. The molecule has 50 heavy (non-hydrogen) atoms. The molecule has 278 valence electrons. The van der Waals surface area contributed by atoms with Crippen LogP contribution in [0, 0.1) is 6.92 Å². The highest BCUT2D eigenvalue weighted by atomic mass is 32.1. The summed E-state index contributed by atoms with van der Waals surface area (Å²) in [7, 11) is 2.11. The number of hydrogen-bond acceptors (Lipinski definition) is 8. The number of amides is 1. The number of carbonyl (C=O) groups excluding carboxylic acids is 2. The molecule has 4 rings (SSSR count). The summed E-state index contributed by atoms with van der Waals surface area (Å²) in [6, 6.07) is 9.74. The van der Waals surface area contributed by atoms with E-state index in [0.29, 0.717) is 17.8 Å². The van der Waals surface area contributed by atoms with E-state index in [4.69, 9.17) is 14.5 Å². The van der Waals surface area contributed by atoms with Crippen LogP contribution in [0.25, 0.3) is 5.82 Å². The van der Waals surface area contributed by atoms with Crippen LogP contribution in [0.4, 0.5) is 16.2 Å². The standard InChI is InChI=1S/C41H64N4O4S/c1-4-5-6-7-8-9-10-11-12-13-14-15-16-17-18-19-20-21-22-27-38(46)48-33-49-41(47)45-37-26-24-23-25-36(37)42-39-35(32-34(2)50-39)40(45)44-30-28-43(3)29-31-44/h23-26,32H,4-22,27-31,33H2,1-3H3. The third-order valence-electron chi connectivity index (χ3n) is 10.0. The maximum absolute atomic E-state index is 13.8. The van der Waals surface area contributed by atoms with E-state index in [1.165, 1.54) is 103 Å². The quantitative estimate of drug-likeness (QED) is 0.0651. The van der Waals surface area contributed by atoms with Crippen LogP contribution in [0.3, 0.4) is 0 Å². The highest BCUT2D eigenvalue weighted by Crippen LogP contribution is 2.34. The minimum Gasteiger partial charge on any atom is -0.428 e. The van der Waals surface area contributed by atoms with Gasteiger partial charge in [0.15, 0.2) is 0 Å². The van der Waals surface area contributed by atoms with Gasteiger partial charge in [0.1, 0.15) is 10.5 Å². The van der Waals surface area contributed by atoms with Gasteiger partial charge in [-0.3, -0.25) is 4.79 Å². The summed E-state index contributed by atoms with van der Waals surface area (Å²) in [6.07, 6.45) is 24.8. The zero-order valence-corrected chi connectivity index (χ0v) is 32.2. The minimum atomic E-state index is -0.574. The zero-order valence-electron chi connectivity index (χ0n) is 31.4. The number of para-hydroxylation sites is 2. The van der Waals surface area contributed by atoms with Crippen molar-refractivity contribution in [1.82, 2.24) is 9.80 Å². The third kappa shape index (κ3) is 13.3. The van der Waals surface area contributed by atoms with Crippen LogP contribution in [-0.2, 0) is 14.3 Å². The lowest BCUT2D eigenvalue weighted by molar-refractivity contribution is -0.151. The van der Waals surface area contributed by atoms with E-state index < -0.39 is 12.9 Å². The van der Waals surface area contributed by atoms with Gasteiger partial charge in [-0.05, 0) is 38.6 Å². The number of nitrogens with zero attached hydrogens (tertiary/aromatic N) is 4. The Labute approximate surface area is 305 Å². The molecule has 9 heteroatoms. The maximum Gasteiger partial charge on any atom is 0.423 e. The summed E-state index contributed by atoms with van der Waals surface area (Å²) in [5, 5.41) is 0.923. The molecule has 1 aromatic carbocycles. The van der Waals surface area contributed by atoms with Gasteiger partial charge >= 0.3 is 12.1 Å². The fraction of sp³-hybridized carbons (Fsp3) is 0.683. The number of thiophene rings is 1. The van der Waals surface area contributed by atoms with E-state index in [9.17, 15) is 9.59 Å². The Hall–Kier alpha value is -2.91. The lowest BCUT2D eigenvalue weighted by Crippen LogP contribution is -2.51. The highest BCUT2D eigenvalue weighted by Gasteiger charge is 2.32. The number of anilines is 1. The van der Waals surface area contributed by atoms with Gasteiger partial charge in [0, 0.05) is 37.5 Å². The molecule has 0 N–H and O–H groups in total. The van der Waals surface area contributed by atoms with Gasteiger partial charge in [0.2, 0.25) is 6.79 Å². The van der Waals surface area contributed by atoms with Crippen molar-refractivity contribution in [3.05, 3.63) is 45.1 Å². The van der Waals surface area contributed by atoms with E-state index in [2.05, 4.69) is 36.8 Å². The molecule has 1 amide bonds. The lowest BCUT2D eigenvalue weighted by atomic mass is 10.0. The van der Waals surface area contributed by atoms with Crippen LogP contribution in [0.15, 0.2) is 35.3 Å². The molecule has 0 bridgehead atoms.